The minimum absolute atomic E-state index is 0.188. The van der Waals surface area contributed by atoms with Crippen molar-refractivity contribution in [3.63, 3.8) is 0 Å². The molecule has 2 aliphatic heterocycles. The van der Waals surface area contributed by atoms with Crippen LogP contribution in [0.3, 0.4) is 0 Å². The molecule has 2 unspecified atom stereocenters. The minimum Gasteiger partial charge on any atom is -0.305 e. The molecular formula is C16H18FN3. The van der Waals surface area contributed by atoms with Crippen LogP contribution in [0.4, 0.5) is 4.39 Å². The first kappa shape index (κ1) is 12.1. The number of piperidine rings is 1. The van der Waals surface area contributed by atoms with Crippen molar-refractivity contribution in [1.82, 2.24) is 15.1 Å². The largest absolute Gasteiger partial charge is 0.305 e. The maximum absolute atomic E-state index is 13.5. The van der Waals surface area contributed by atoms with Crippen molar-refractivity contribution >= 4 is 0 Å². The summed E-state index contributed by atoms with van der Waals surface area (Å²) in [5, 5.41) is 8.37. The molecule has 2 aliphatic rings. The summed E-state index contributed by atoms with van der Waals surface area (Å²) in [7, 11) is 1.96. The van der Waals surface area contributed by atoms with Crippen LogP contribution < -0.4 is 5.32 Å². The van der Waals surface area contributed by atoms with E-state index in [0.29, 0.717) is 12.1 Å². The highest BCUT2D eigenvalue weighted by atomic mass is 19.1. The molecule has 0 aliphatic carbocycles. The Morgan fingerprint density at radius 2 is 2.25 bits per heavy atom. The summed E-state index contributed by atoms with van der Waals surface area (Å²) in [6.07, 6.45) is 4.66. The molecule has 104 valence electrons. The fourth-order valence-electron chi connectivity index (χ4n) is 3.71. The van der Waals surface area contributed by atoms with Crippen molar-refractivity contribution in [2.75, 3.05) is 0 Å². The molecular weight excluding hydrogens is 253 g/mol. The predicted molar refractivity (Wildman–Crippen MR) is 75.8 cm³/mol. The van der Waals surface area contributed by atoms with E-state index in [1.54, 1.807) is 12.1 Å². The first-order valence-electron chi connectivity index (χ1n) is 7.30. The molecule has 2 bridgehead atoms. The van der Waals surface area contributed by atoms with Gasteiger partial charge in [0.25, 0.3) is 0 Å². The molecule has 4 rings (SSSR count). The van der Waals surface area contributed by atoms with Crippen LogP contribution in [0, 0.1) is 5.82 Å². The van der Waals surface area contributed by atoms with E-state index in [9.17, 15) is 4.39 Å². The standard InChI is InChI=1S/C16H18FN3/c1-20-16(10-4-2-5-11(17)8-10)13-9-12-6-3-7-14(18-12)15(13)19-20/h2,4-5,8,12,14,18H,3,6-7,9H2,1H3. The number of nitrogens with zero attached hydrogens (tertiary/aromatic N) is 2. The van der Waals surface area contributed by atoms with Crippen LogP contribution in [-0.2, 0) is 13.5 Å². The van der Waals surface area contributed by atoms with Gasteiger partial charge in [-0.3, -0.25) is 4.68 Å². The first-order chi connectivity index (χ1) is 9.72. The molecule has 1 aromatic carbocycles. The van der Waals surface area contributed by atoms with E-state index in [0.717, 1.165) is 24.1 Å². The molecule has 20 heavy (non-hydrogen) atoms. The van der Waals surface area contributed by atoms with Gasteiger partial charge in [0.15, 0.2) is 0 Å². The van der Waals surface area contributed by atoms with Crippen molar-refractivity contribution in [2.24, 2.45) is 7.05 Å². The predicted octanol–water partition coefficient (Wildman–Crippen LogP) is 2.97. The van der Waals surface area contributed by atoms with Crippen molar-refractivity contribution in [3.8, 4) is 11.3 Å². The molecule has 3 nitrogen and oxygen atoms in total. The molecule has 0 amide bonds. The Hall–Kier alpha value is -1.68. The van der Waals surface area contributed by atoms with E-state index in [4.69, 9.17) is 5.10 Å². The van der Waals surface area contributed by atoms with Crippen LogP contribution in [0.5, 0.6) is 0 Å². The summed E-state index contributed by atoms with van der Waals surface area (Å²) in [5.74, 6) is -0.188. The summed E-state index contributed by atoms with van der Waals surface area (Å²) in [6.45, 7) is 0. The number of aryl methyl sites for hydroxylation is 1. The van der Waals surface area contributed by atoms with Crippen LogP contribution in [-0.4, -0.2) is 15.8 Å². The second-order valence-corrected chi connectivity index (χ2v) is 5.90. The average molecular weight is 271 g/mol. The summed E-state index contributed by atoms with van der Waals surface area (Å²) >= 11 is 0. The molecule has 1 fully saturated rings. The lowest BCUT2D eigenvalue weighted by atomic mass is 9.84. The average Bonchev–Trinajstić information content (AvgIpc) is 2.76. The van der Waals surface area contributed by atoms with Gasteiger partial charge in [-0.15, -0.1) is 0 Å². The van der Waals surface area contributed by atoms with Crippen LogP contribution in [0.25, 0.3) is 11.3 Å². The zero-order chi connectivity index (χ0) is 13.7. The fraction of sp³-hybridized carbons (Fsp3) is 0.438. The van der Waals surface area contributed by atoms with E-state index in [1.807, 2.05) is 17.8 Å². The van der Waals surface area contributed by atoms with Crippen LogP contribution >= 0.6 is 0 Å². The third-order valence-corrected chi connectivity index (χ3v) is 4.54. The van der Waals surface area contributed by atoms with Gasteiger partial charge in [-0.25, -0.2) is 4.39 Å². The summed E-state index contributed by atoms with van der Waals surface area (Å²) in [4.78, 5) is 0. The third-order valence-electron chi connectivity index (χ3n) is 4.54. The smallest absolute Gasteiger partial charge is 0.123 e. The molecule has 4 heteroatoms. The molecule has 0 spiro atoms. The molecule has 1 N–H and O–H groups in total. The van der Waals surface area contributed by atoms with Gasteiger partial charge in [0.1, 0.15) is 5.82 Å². The molecule has 3 heterocycles. The first-order valence-corrected chi connectivity index (χ1v) is 7.30. The van der Waals surface area contributed by atoms with Crippen LogP contribution in [0.1, 0.15) is 36.6 Å². The maximum Gasteiger partial charge on any atom is 0.123 e. The summed E-state index contributed by atoms with van der Waals surface area (Å²) in [6, 6.07) is 7.77. The number of aromatic nitrogens is 2. The van der Waals surface area contributed by atoms with Crippen LogP contribution in [0.15, 0.2) is 24.3 Å². The number of fused-ring (bicyclic) bond motifs is 4. The van der Waals surface area contributed by atoms with Gasteiger partial charge >= 0.3 is 0 Å². The van der Waals surface area contributed by atoms with Crippen LogP contribution in [0.2, 0.25) is 0 Å². The Bertz CT molecular complexity index is 662. The van der Waals surface area contributed by atoms with Crippen molar-refractivity contribution in [3.05, 3.63) is 41.3 Å². The van der Waals surface area contributed by atoms with E-state index in [2.05, 4.69) is 5.32 Å². The highest BCUT2D eigenvalue weighted by molar-refractivity contribution is 5.65. The van der Waals surface area contributed by atoms with E-state index >= 15 is 0 Å². The number of halogens is 1. The number of benzene rings is 1. The molecule has 1 saturated heterocycles. The molecule has 1 aromatic heterocycles. The van der Waals surface area contributed by atoms with Gasteiger partial charge in [-0.05, 0) is 37.8 Å². The van der Waals surface area contributed by atoms with E-state index < -0.39 is 0 Å². The van der Waals surface area contributed by atoms with E-state index in [1.165, 1.54) is 30.2 Å². The zero-order valence-corrected chi connectivity index (χ0v) is 11.6. The number of nitrogens with one attached hydrogen (secondary N) is 1. The monoisotopic (exact) mass is 271 g/mol. The van der Waals surface area contributed by atoms with E-state index in [-0.39, 0.29) is 5.82 Å². The van der Waals surface area contributed by atoms with Gasteiger partial charge in [0, 0.05) is 24.2 Å². The third kappa shape index (κ3) is 1.79. The number of rotatable bonds is 1. The molecule has 0 radical (unpaired) electrons. The summed E-state index contributed by atoms with van der Waals surface area (Å²) in [5.41, 5.74) is 4.49. The molecule has 2 atom stereocenters. The zero-order valence-electron chi connectivity index (χ0n) is 11.6. The lowest BCUT2D eigenvalue weighted by molar-refractivity contribution is 0.297. The Morgan fingerprint density at radius 1 is 1.35 bits per heavy atom. The highest BCUT2D eigenvalue weighted by Crippen LogP contribution is 2.38. The van der Waals surface area contributed by atoms with Gasteiger partial charge in [-0.1, -0.05) is 12.1 Å². The molecule has 2 aromatic rings. The number of hydrogen-bond acceptors (Lipinski definition) is 2. The van der Waals surface area contributed by atoms with Gasteiger partial charge in [-0.2, -0.15) is 5.10 Å². The van der Waals surface area contributed by atoms with Gasteiger partial charge in [0.05, 0.1) is 17.4 Å². The highest BCUT2D eigenvalue weighted by Gasteiger charge is 2.34. The minimum atomic E-state index is -0.188. The normalized spacial score (nSPS) is 24.5. The quantitative estimate of drug-likeness (QED) is 0.864. The Morgan fingerprint density at radius 3 is 3.10 bits per heavy atom. The Balaban J connectivity index is 1.87. The van der Waals surface area contributed by atoms with Gasteiger partial charge in [0.2, 0.25) is 0 Å². The van der Waals surface area contributed by atoms with Gasteiger partial charge < -0.3 is 5.32 Å². The second kappa shape index (κ2) is 4.42. The summed E-state index contributed by atoms with van der Waals surface area (Å²) < 4.78 is 15.4. The number of hydrogen-bond donors (Lipinski definition) is 1. The lowest BCUT2D eigenvalue weighted by Crippen LogP contribution is -2.42. The second-order valence-electron chi connectivity index (χ2n) is 5.90. The molecule has 0 saturated carbocycles. The van der Waals surface area contributed by atoms with Crippen molar-refractivity contribution in [1.29, 1.82) is 0 Å². The lowest BCUT2D eigenvalue weighted by Gasteiger charge is -2.35. The maximum atomic E-state index is 13.5. The topological polar surface area (TPSA) is 29.9 Å². The SMILES string of the molecule is Cn1nc2c(c1-c1cccc(F)c1)CC1CCCC2N1. The Kier molecular flexibility index (Phi) is 2.67. The van der Waals surface area contributed by atoms with Crippen molar-refractivity contribution in [2.45, 2.75) is 37.8 Å². The van der Waals surface area contributed by atoms with Crippen molar-refractivity contribution < 1.29 is 4.39 Å². The Labute approximate surface area is 117 Å². The fourth-order valence-corrected chi connectivity index (χ4v) is 3.71.